The molecule has 0 saturated heterocycles. The minimum Gasteiger partial charge on any atom is -0.383 e. The lowest BCUT2D eigenvalue weighted by Gasteiger charge is -2.09. The van der Waals surface area contributed by atoms with Crippen LogP contribution < -0.4 is 5.32 Å². The fourth-order valence-corrected chi connectivity index (χ4v) is 2.31. The van der Waals surface area contributed by atoms with E-state index in [1.807, 2.05) is 32.2 Å². The van der Waals surface area contributed by atoms with Crippen LogP contribution in [0.1, 0.15) is 30.9 Å². The van der Waals surface area contributed by atoms with E-state index in [1.165, 1.54) is 0 Å². The van der Waals surface area contributed by atoms with Crippen molar-refractivity contribution in [3.63, 3.8) is 0 Å². The summed E-state index contributed by atoms with van der Waals surface area (Å²) in [7, 11) is 1.65. The van der Waals surface area contributed by atoms with Gasteiger partial charge in [0.2, 0.25) is 0 Å². The van der Waals surface area contributed by atoms with Crippen LogP contribution in [0.4, 0.5) is 11.4 Å². The lowest BCUT2D eigenvalue weighted by molar-refractivity contribution is -0.385. The summed E-state index contributed by atoms with van der Waals surface area (Å²) in [5.74, 6) is 0.122. The van der Waals surface area contributed by atoms with Crippen molar-refractivity contribution in [2.45, 2.75) is 32.9 Å². The van der Waals surface area contributed by atoms with Crippen LogP contribution in [-0.4, -0.2) is 28.4 Å². The van der Waals surface area contributed by atoms with E-state index in [-0.39, 0.29) is 16.5 Å². The van der Waals surface area contributed by atoms with Crippen LogP contribution in [0.2, 0.25) is 0 Å². The standard InChI is InChI=1S/C16H22N4O3/c1-12(2)15-5-4-13(8-16(15)20(21)22)9-17-14-10-18-19(11-14)6-7-23-3/h4-5,8,10-12,17H,6-7,9H2,1-3H3. The van der Waals surface area contributed by atoms with Gasteiger partial charge in [-0.05, 0) is 11.5 Å². The van der Waals surface area contributed by atoms with Gasteiger partial charge in [0.1, 0.15) is 0 Å². The molecule has 0 aliphatic rings. The molecule has 2 aromatic rings. The van der Waals surface area contributed by atoms with Gasteiger partial charge in [0.05, 0.1) is 30.0 Å². The van der Waals surface area contributed by atoms with Crippen LogP contribution in [0, 0.1) is 10.1 Å². The third-order valence-electron chi connectivity index (χ3n) is 3.57. The second-order valence-electron chi connectivity index (χ2n) is 5.64. The van der Waals surface area contributed by atoms with Crippen LogP contribution in [0.5, 0.6) is 0 Å². The molecule has 0 radical (unpaired) electrons. The smallest absolute Gasteiger partial charge is 0.273 e. The molecule has 7 heteroatoms. The van der Waals surface area contributed by atoms with Gasteiger partial charge >= 0.3 is 0 Å². The topological polar surface area (TPSA) is 82.2 Å². The van der Waals surface area contributed by atoms with Crippen molar-refractivity contribution in [3.8, 4) is 0 Å². The Morgan fingerprint density at radius 2 is 2.22 bits per heavy atom. The fraction of sp³-hybridized carbons (Fsp3) is 0.438. The maximum atomic E-state index is 11.2. The van der Waals surface area contributed by atoms with Gasteiger partial charge in [-0.2, -0.15) is 5.10 Å². The largest absolute Gasteiger partial charge is 0.383 e. The molecule has 0 atom stereocenters. The lowest BCUT2D eigenvalue weighted by atomic mass is 9.99. The Bertz CT molecular complexity index is 667. The predicted molar refractivity (Wildman–Crippen MR) is 88.6 cm³/mol. The summed E-state index contributed by atoms with van der Waals surface area (Å²) in [5.41, 5.74) is 2.67. The zero-order valence-electron chi connectivity index (χ0n) is 13.7. The SMILES string of the molecule is COCCn1cc(NCc2ccc(C(C)C)c([N+](=O)[O-])c2)cn1. The molecule has 124 valence electrons. The van der Waals surface area contributed by atoms with Gasteiger partial charge in [-0.3, -0.25) is 14.8 Å². The van der Waals surface area contributed by atoms with Crippen LogP contribution in [0.15, 0.2) is 30.6 Å². The zero-order valence-corrected chi connectivity index (χ0v) is 13.7. The zero-order chi connectivity index (χ0) is 16.8. The molecule has 0 fully saturated rings. The number of hydrogen-bond donors (Lipinski definition) is 1. The first-order valence-corrected chi connectivity index (χ1v) is 7.53. The van der Waals surface area contributed by atoms with E-state index in [0.717, 1.165) is 16.8 Å². The van der Waals surface area contributed by atoms with Crippen molar-refractivity contribution < 1.29 is 9.66 Å². The second kappa shape index (κ2) is 7.73. The molecule has 2 rings (SSSR count). The summed E-state index contributed by atoms with van der Waals surface area (Å²) in [6, 6.07) is 5.39. The lowest BCUT2D eigenvalue weighted by Crippen LogP contribution is -2.04. The van der Waals surface area contributed by atoms with E-state index in [9.17, 15) is 10.1 Å². The number of nitrogens with zero attached hydrogens (tertiary/aromatic N) is 3. The Kier molecular flexibility index (Phi) is 5.70. The van der Waals surface area contributed by atoms with E-state index in [1.54, 1.807) is 24.1 Å². The molecular weight excluding hydrogens is 296 g/mol. The number of aromatic nitrogens is 2. The van der Waals surface area contributed by atoms with Crippen molar-refractivity contribution >= 4 is 11.4 Å². The summed E-state index contributed by atoms with van der Waals surface area (Å²) < 4.78 is 6.79. The Morgan fingerprint density at radius 3 is 2.87 bits per heavy atom. The number of rotatable bonds is 8. The average Bonchev–Trinajstić information content (AvgIpc) is 2.98. The molecule has 1 aromatic carbocycles. The molecule has 0 aliphatic carbocycles. The molecule has 0 spiro atoms. The van der Waals surface area contributed by atoms with E-state index in [4.69, 9.17) is 4.74 Å². The quantitative estimate of drug-likeness (QED) is 0.597. The first kappa shape index (κ1) is 17.0. The van der Waals surface area contributed by atoms with Gasteiger partial charge in [-0.1, -0.05) is 26.0 Å². The Morgan fingerprint density at radius 1 is 1.43 bits per heavy atom. The normalized spacial score (nSPS) is 11.0. The summed E-state index contributed by atoms with van der Waals surface area (Å²) >= 11 is 0. The van der Waals surface area contributed by atoms with Crippen molar-refractivity contribution in [1.29, 1.82) is 0 Å². The molecule has 1 aromatic heterocycles. The average molecular weight is 318 g/mol. The first-order valence-electron chi connectivity index (χ1n) is 7.53. The van der Waals surface area contributed by atoms with Gasteiger partial charge in [-0.25, -0.2) is 0 Å². The van der Waals surface area contributed by atoms with Gasteiger partial charge in [0, 0.05) is 31.5 Å². The molecule has 0 bridgehead atoms. The summed E-state index contributed by atoms with van der Waals surface area (Å²) in [6.07, 6.45) is 3.61. The van der Waals surface area contributed by atoms with Crippen LogP contribution in [0.3, 0.4) is 0 Å². The molecule has 1 heterocycles. The van der Waals surface area contributed by atoms with E-state index < -0.39 is 0 Å². The van der Waals surface area contributed by atoms with Crippen LogP contribution in [0.25, 0.3) is 0 Å². The molecule has 0 aliphatic heterocycles. The Labute approximate surface area is 135 Å². The first-order chi connectivity index (χ1) is 11.0. The van der Waals surface area contributed by atoms with Crippen molar-refractivity contribution in [2.75, 3.05) is 19.0 Å². The van der Waals surface area contributed by atoms with Crippen LogP contribution >= 0.6 is 0 Å². The number of nitro groups is 1. The fourth-order valence-electron chi connectivity index (χ4n) is 2.31. The van der Waals surface area contributed by atoms with Gasteiger partial charge in [-0.15, -0.1) is 0 Å². The van der Waals surface area contributed by atoms with Crippen molar-refractivity contribution in [2.24, 2.45) is 0 Å². The Balaban J connectivity index is 2.04. The number of anilines is 1. The number of methoxy groups -OCH3 is 1. The highest BCUT2D eigenvalue weighted by Gasteiger charge is 2.16. The number of nitro benzene ring substituents is 1. The molecule has 0 amide bonds. The number of ether oxygens (including phenoxy) is 1. The van der Waals surface area contributed by atoms with E-state index in [2.05, 4.69) is 10.4 Å². The van der Waals surface area contributed by atoms with Gasteiger partial charge < -0.3 is 10.1 Å². The highest BCUT2D eigenvalue weighted by Crippen LogP contribution is 2.27. The van der Waals surface area contributed by atoms with Gasteiger partial charge in [0.15, 0.2) is 0 Å². The maximum Gasteiger partial charge on any atom is 0.273 e. The maximum absolute atomic E-state index is 11.2. The van der Waals surface area contributed by atoms with Gasteiger partial charge in [0.25, 0.3) is 5.69 Å². The minimum absolute atomic E-state index is 0.122. The second-order valence-corrected chi connectivity index (χ2v) is 5.64. The number of benzene rings is 1. The molecule has 7 nitrogen and oxygen atoms in total. The monoisotopic (exact) mass is 318 g/mol. The number of hydrogen-bond acceptors (Lipinski definition) is 5. The third-order valence-corrected chi connectivity index (χ3v) is 3.57. The van der Waals surface area contributed by atoms with E-state index in [0.29, 0.717) is 19.7 Å². The molecule has 0 unspecified atom stereocenters. The molecular formula is C16H22N4O3. The molecule has 23 heavy (non-hydrogen) atoms. The van der Waals surface area contributed by atoms with Crippen LogP contribution in [-0.2, 0) is 17.8 Å². The predicted octanol–water partition coefficient (Wildman–Crippen LogP) is 3.17. The highest BCUT2D eigenvalue weighted by molar-refractivity contribution is 5.47. The summed E-state index contributed by atoms with van der Waals surface area (Å²) in [6.45, 7) is 5.70. The van der Waals surface area contributed by atoms with Crippen molar-refractivity contribution in [1.82, 2.24) is 9.78 Å². The number of nitrogens with one attached hydrogen (secondary N) is 1. The third kappa shape index (κ3) is 4.53. The van der Waals surface area contributed by atoms with Crippen molar-refractivity contribution in [3.05, 3.63) is 51.8 Å². The summed E-state index contributed by atoms with van der Waals surface area (Å²) in [4.78, 5) is 10.9. The van der Waals surface area contributed by atoms with E-state index >= 15 is 0 Å². The summed E-state index contributed by atoms with van der Waals surface area (Å²) in [5, 5.41) is 18.7. The Hall–Kier alpha value is -2.41. The molecule has 1 N–H and O–H groups in total. The molecule has 0 saturated carbocycles. The highest BCUT2D eigenvalue weighted by atomic mass is 16.6. The minimum atomic E-state index is -0.318.